The lowest BCUT2D eigenvalue weighted by molar-refractivity contribution is 0.269. The molecule has 2 N–H and O–H groups in total. The van der Waals surface area contributed by atoms with Crippen LogP contribution in [0.1, 0.15) is 23.6 Å². The van der Waals surface area contributed by atoms with Gasteiger partial charge in [0.1, 0.15) is 0 Å². The van der Waals surface area contributed by atoms with Crippen molar-refractivity contribution in [1.82, 2.24) is 5.32 Å². The second-order valence-electron chi connectivity index (χ2n) is 3.27. The van der Waals surface area contributed by atoms with Gasteiger partial charge in [-0.05, 0) is 26.0 Å². The summed E-state index contributed by atoms with van der Waals surface area (Å²) in [6.45, 7) is 2.30. The quantitative estimate of drug-likeness (QED) is 0.736. The number of hydrogen-bond donors (Lipinski definition) is 2. The fourth-order valence-electron chi connectivity index (χ4n) is 1.49. The van der Waals surface area contributed by atoms with Gasteiger partial charge < -0.3 is 10.4 Å². The van der Waals surface area contributed by atoms with Crippen LogP contribution in [-0.2, 0) is 0 Å². The van der Waals surface area contributed by atoms with Crippen LogP contribution >= 0.6 is 0 Å². The molecular formula is C11H17NO. The van der Waals surface area contributed by atoms with Gasteiger partial charge in [-0.15, -0.1) is 0 Å². The molecule has 2 nitrogen and oxygen atoms in total. The van der Waals surface area contributed by atoms with E-state index in [1.807, 2.05) is 13.1 Å². The van der Waals surface area contributed by atoms with Crippen molar-refractivity contribution in [2.75, 3.05) is 13.7 Å². The Kier molecular flexibility index (Phi) is 3.93. The molecule has 0 aliphatic carbocycles. The molecular weight excluding hydrogens is 162 g/mol. The molecule has 0 amide bonds. The average Bonchev–Trinajstić information content (AvgIpc) is 2.14. The van der Waals surface area contributed by atoms with Crippen molar-refractivity contribution >= 4 is 0 Å². The van der Waals surface area contributed by atoms with Crippen LogP contribution in [0, 0.1) is 6.92 Å². The third kappa shape index (κ3) is 2.83. The van der Waals surface area contributed by atoms with Crippen molar-refractivity contribution in [3.05, 3.63) is 35.4 Å². The van der Waals surface area contributed by atoms with E-state index in [1.165, 1.54) is 11.1 Å². The molecule has 0 saturated carbocycles. The van der Waals surface area contributed by atoms with Gasteiger partial charge in [-0.25, -0.2) is 0 Å². The molecule has 1 aromatic carbocycles. The SMILES string of the molecule is CNC(CCO)c1cccc(C)c1. The smallest absolute Gasteiger partial charge is 0.0449 e. The zero-order valence-electron chi connectivity index (χ0n) is 8.25. The highest BCUT2D eigenvalue weighted by atomic mass is 16.3. The highest BCUT2D eigenvalue weighted by Crippen LogP contribution is 2.16. The first-order chi connectivity index (χ1) is 6.27. The summed E-state index contributed by atoms with van der Waals surface area (Å²) in [5, 5.41) is 12.0. The molecule has 0 aliphatic heterocycles. The van der Waals surface area contributed by atoms with E-state index in [4.69, 9.17) is 5.11 Å². The molecule has 1 rings (SSSR count). The van der Waals surface area contributed by atoms with E-state index in [2.05, 4.69) is 30.4 Å². The van der Waals surface area contributed by atoms with Crippen LogP contribution in [0.25, 0.3) is 0 Å². The van der Waals surface area contributed by atoms with Gasteiger partial charge in [0.05, 0.1) is 0 Å². The Morgan fingerprint density at radius 3 is 2.77 bits per heavy atom. The van der Waals surface area contributed by atoms with E-state index in [1.54, 1.807) is 0 Å². The first-order valence-corrected chi connectivity index (χ1v) is 4.62. The summed E-state index contributed by atoms with van der Waals surface area (Å²) in [6, 6.07) is 8.63. The van der Waals surface area contributed by atoms with E-state index >= 15 is 0 Å². The molecule has 0 fully saturated rings. The number of rotatable bonds is 4. The lowest BCUT2D eigenvalue weighted by Crippen LogP contribution is -2.17. The van der Waals surface area contributed by atoms with Crippen LogP contribution in [0.5, 0.6) is 0 Å². The number of aliphatic hydroxyl groups excluding tert-OH is 1. The van der Waals surface area contributed by atoms with E-state index < -0.39 is 0 Å². The zero-order chi connectivity index (χ0) is 9.68. The van der Waals surface area contributed by atoms with Crippen molar-refractivity contribution in [2.45, 2.75) is 19.4 Å². The van der Waals surface area contributed by atoms with Gasteiger partial charge in [0.2, 0.25) is 0 Å². The number of benzene rings is 1. The van der Waals surface area contributed by atoms with Crippen molar-refractivity contribution < 1.29 is 5.11 Å². The van der Waals surface area contributed by atoms with Crippen LogP contribution in [0.3, 0.4) is 0 Å². The van der Waals surface area contributed by atoms with Gasteiger partial charge >= 0.3 is 0 Å². The van der Waals surface area contributed by atoms with E-state index in [0.29, 0.717) is 0 Å². The Bertz CT molecular complexity index is 260. The fourth-order valence-corrected chi connectivity index (χ4v) is 1.49. The molecule has 0 aliphatic rings. The maximum Gasteiger partial charge on any atom is 0.0449 e. The van der Waals surface area contributed by atoms with Gasteiger partial charge in [-0.3, -0.25) is 0 Å². The molecule has 0 saturated heterocycles. The molecule has 2 heteroatoms. The molecule has 1 aromatic rings. The van der Waals surface area contributed by atoms with Gasteiger partial charge in [0.15, 0.2) is 0 Å². The Hall–Kier alpha value is -0.860. The molecule has 0 heterocycles. The Balaban J connectivity index is 2.78. The van der Waals surface area contributed by atoms with Gasteiger partial charge in [-0.2, -0.15) is 0 Å². The maximum absolute atomic E-state index is 8.86. The molecule has 0 bridgehead atoms. The summed E-state index contributed by atoms with van der Waals surface area (Å²) < 4.78 is 0. The largest absolute Gasteiger partial charge is 0.396 e. The number of aliphatic hydroxyl groups is 1. The topological polar surface area (TPSA) is 32.3 Å². The maximum atomic E-state index is 8.86. The van der Waals surface area contributed by atoms with Crippen LogP contribution in [0.4, 0.5) is 0 Å². The predicted octanol–water partition coefficient (Wildman–Crippen LogP) is 1.64. The molecule has 1 atom stereocenters. The first kappa shape index (κ1) is 10.2. The van der Waals surface area contributed by atoms with Gasteiger partial charge in [0.25, 0.3) is 0 Å². The van der Waals surface area contributed by atoms with Crippen LogP contribution in [-0.4, -0.2) is 18.8 Å². The van der Waals surface area contributed by atoms with Crippen molar-refractivity contribution in [3.63, 3.8) is 0 Å². The molecule has 0 aromatic heterocycles. The minimum Gasteiger partial charge on any atom is -0.396 e. The lowest BCUT2D eigenvalue weighted by atomic mass is 10.0. The van der Waals surface area contributed by atoms with Gasteiger partial charge in [-0.1, -0.05) is 29.8 Å². The predicted molar refractivity (Wildman–Crippen MR) is 54.7 cm³/mol. The lowest BCUT2D eigenvalue weighted by Gasteiger charge is -2.15. The van der Waals surface area contributed by atoms with Gasteiger partial charge in [0, 0.05) is 12.6 Å². The summed E-state index contributed by atoms with van der Waals surface area (Å²) >= 11 is 0. The third-order valence-electron chi connectivity index (χ3n) is 2.21. The summed E-state index contributed by atoms with van der Waals surface area (Å²) in [5.41, 5.74) is 2.51. The van der Waals surface area contributed by atoms with Crippen LogP contribution < -0.4 is 5.32 Å². The van der Waals surface area contributed by atoms with Crippen LogP contribution in [0.2, 0.25) is 0 Å². The number of hydrogen-bond acceptors (Lipinski definition) is 2. The summed E-state index contributed by atoms with van der Waals surface area (Å²) in [5.74, 6) is 0. The highest BCUT2D eigenvalue weighted by Gasteiger charge is 2.07. The van der Waals surface area contributed by atoms with Crippen molar-refractivity contribution in [2.24, 2.45) is 0 Å². The summed E-state index contributed by atoms with van der Waals surface area (Å²) in [6.07, 6.45) is 0.764. The van der Waals surface area contributed by atoms with E-state index in [0.717, 1.165) is 6.42 Å². The molecule has 0 radical (unpaired) electrons. The normalized spacial score (nSPS) is 12.8. The second kappa shape index (κ2) is 5.00. The summed E-state index contributed by atoms with van der Waals surface area (Å²) in [7, 11) is 1.92. The minimum absolute atomic E-state index is 0.222. The standard InChI is InChI=1S/C11H17NO/c1-9-4-3-5-10(8-9)11(12-2)6-7-13/h3-5,8,11-13H,6-7H2,1-2H3. The zero-order valence-corrected chi connectivity index (χ0v) is 8.25. The third-order valence-corrected chi connectivity index (χ3v) is 2.21. The summed E-state index contributed by atoms with van der Waals surface area (Å²) in [4.78, 5) is 0. The van der Waals surface area contributed by atoms with Crippen molar-refractivity contribution in [1.29, 1.82) is 0 Å². The number of aryl methyl sites for hydroxylation is 1. The molecule has 1 unspecified atom stereocenters. The molecule has 0 spiro atoms. The monoisotopic (exact) mass is 179 g/mol. The highest BCUT2D eigenvalue weighted by molar-refractivity contribution is 5.24. The van der Waals surface area contributed by atoms with Crippen LogP contribution in [0.15, 0.2) is 24.3 Å². The fraction of sp³-hybridized carbons (Fsp3) is 0.455. The molecule has 72 valence electrons. The Labute approximate surface area is 79.6 Å². The molecule has 13 heavy (non-hydrogen) atoms. The Morgan fingerprint density at radius 1 is 1.46 bits per heavy atom. The van der Waals surface area contributed by atoms with E-state index in [9.17, 15) is 0 Å². The number of nitrogens with one attached hydrogen (secondary N) is 1. The van der Waals surface area contributed by atoms with E-state index in [-0.39, 0.29) is 12.6 Å². The Morgan fingerprint density at radius 2 is 2.23 bits per heavy atom. The second-order valence-corrected chi connectivity index (χ2v) is 3.27. The minimum atomic E-state index is 0.222. The van der Waals surface area contributed by atoms with Crippen molar-refractivity contribution in [3.8, 4) is 0 Å². The average molecular weight is 179 g/mol. The first-order valence-electron chi connectivity index (χ1n) is 4.62.